The summed E-state index contributed by atoms with van der Waals surface area (Å²) in [4.78, 5) is 0. The van der Waals surface area contributed by atoms with Gasteiger partial charge in [0.15, 0.2) is 0 Å². The third kappa shape index (κ3) is 4.54. The normalized spacial score (nSPS) is 10.8. The van der Waals surface area contributed by atoms with Crippen molar-refractivity contribution in [2.75, 3.05) is 11.5 Å². The van der Waals surface area contributed by atoms with Crippen molar-refractivity contribution in [1.29, 1.82) is 0 Å². The maximum absolute atomic E-state index is 6.12. The van der Waals surface area contributed by atoms with Crippen molar-refractivity contribution in [2.45, 2.75) is 27.7 Å². The van der Waals surface area contributed by atoms with E-state index in [1.54, 1.807) is 0 Å². The van der Waals surface area contributed by atoms with Crippen LogP contribution in [0.3, 0.4) is 0 Å². The molecule has 0 radical (unpaired) electrons. The molecule has 4 aromatic carbocycles. The Labute approximate surface area is 189 Å². The zero-order valence-corrected chi connectivity index (χ0v) is 18.9. The van der Waals surface area contributed by atoms with Gasteiger partial charge in [0.25, 0.3) is 0 Å². The molecule has 0 aliphatic heterocycles. The molecular weight excluding hydrogens is 396 g/mol. The third-order valence-corrected chi connectivity index (χ3v) is 5.45. The minimum Gasteiger partial charge on any atom is -0.457 e. The van der Waals surface area contributed by atoms with Gasteiger partial charge in [0.2, 0.25) is 0 Å². The molecular formula is C28H28N2O2. The van der Waals surface area contributed by atoms with Crippen LogP contribution in [-0.2, 0) is 0 Å². The summed E-state index contributed by atoms with van der Waals surface area (Å²) in [5.74, 6) is 3.28. The number of anilines is 2. The molecule has 32 heavy (non-hydrogen) atoms. The van der Waals surface area contributed by atoms with Gasteiger partial charge in [-0.1, -0.05) is 24.3 Å². The lowest BCUT2D eigenvalue weighted by Crippen LogP contribution is -1.94. The average molecular weight is 425 g/mol. The zero-order valence-electron chi connectivity index (χ0n) is 18.9. The molecule has 162 valence electrons. The van der Waals surface area contributed by atoms with E-state index in [0.29, 0.717) is 0 Å². The molecule has 0 aromatic heterocycles. The molecule has 4 heteroatoms. The van der Waals surface area contributed by atoms with Gasteiger partial charge in [-0.05, 0) is 110 Å². The maximum Gasteiger partial charge on any atom is 0.133 e. The molecule has 0 unspecified atom stereocenters. The van der Waals surface area contributed by atoms with Crippen LogP contribution < -0.4 is 20.9 Å². The standard InChI is InChI=1S/C28H28N2O2/c1-17-13-23(29)14-18(2)27(17)31-25-9-5-21(6-10-25)22-7-11-26(12-8-22)32-28-19(3)15-24(30)16-20(28)4/h5-16H,29-30H2,1-4H3. The molecule has 0 aliphatic rings. The number of nitrogen functional groups attached to an aromatic ring is 2. The topological polar surface area (TPSA) is 70.5 Å². The number of nitrogens with two attached hydrogens (primary N) is 2. The Hall–Kier alpha value is -3.92. The van der Waals surface area contributed by atoms with Crippen molar-refractivity contribution < 1.29 is 9.47 Å². The summed E-state index contributed by atoms with van der Waals surface area (Å²) in [6.45, 7) is 8.02. The number of benzene rings is 4. The van der Waals surface area contributed by atoms with Gasteiger partial charge in [-0.15, -0.1) is 0 Å². The van der Waals surface area contributed by atoms with E-state index in [9.17, 15) is 0 Å². The Morgan fingerprint density at radius 3 is 1.03 bits per heavy atom. The Balaban J connectivity index is 1.49. The molecule has 0 heterocycles. The summed E-state index contributed by atoms with van der Waals surface area (Å²) in [5, 5.41) is 0. The molecule has 0 aliphatic carbocycles. The number of hydrogen-bond donors (Lipinski definition) is 2. The second-order valence-corrected chi connectivity index (χ2v) is 8.22. The molecule has 4 nitrogen and oxygen atoms in total. The molecule has 0 amide bonds. The van der Waals surface area contributed by atoms with E-state index in [0.717, 1.165) is 67.8 Å². The lowest BCUT2D eigenvalue weighted by atomic mass is 10.1. The molecule has 0 saturated heterocycles. The predicted octanol–water partition coefficient (Wildman–Crippen LogP) is 7.34. The van der Waals surface area contributed by atoms with Gasteiger partial charge < -0.3 is 20.9 Å². The Morgan fingerprint density at radius 1 is 0.469 bits per heavy atom. The number of aryl methyl sites for hydroxylation is 4. The average Bonchev–Trinajstić information content (AvgIpc) is 2.74. The maximum atomic E-state index is 6.12. The molecule has 0 atom stereocenters. The van der Waals surface area contributed by atoms with Gasteiger partial charge in [-0.3, -0.25) is 0 Å². The van der Waals surface area contributed by atoms with Crippen LogP contribution in [0.4, 0.5) is 11.4 Å². The molecule has 4 aromatic rings. The van der Waals surface area contributed by atoms with Crippen LogP contribution in [0.5, 0.6) is 23.0 Å². The van der Waals surface area contributed by atoms with E-state index in [1.165, 1.54) is 0 Å². The van der Waals surface area contributed by atoms with Crippen molar-refractivity contribution in [2.24, 2.45) is 0 Å². The highest BCUT2D eigenvalue weighted by atomic mass is 16.5. The van der Waals surface area contributed by atoms with E-state index >= 15 is 0 Å². The summed E-state index contributed by atoms with van der Waals surface area (Å²) in [6.07, 6.45) is 0. The molecule has 0 spiro atoms. The zero-order chi connectivity index (χ0) is 22.8. The summed E-state index contributed by atoms with van der Waals surface area (Å²) >= 11 is 0. The van der Waals surface area contributed by atoms with Gasteiger partial charge in [0.05, 0.1) is 0 Å². The van der Waals surface area contributed by atoms with E-state index in [2.05, 4.69) is 24.3 Å². The largest absolute Gasteiger partial charge is 0.457 e. The van der Waals surface area contributed by atoms with Crippen molar-refractivity contribution >= 4 is 11.4 Å². The van der Waals surface area contributed by atoms with Crippen LogP contribution in [0.25, 0.3) is 11.1 Å². The van der Waals surface area contributed by atoms with Gasteiger partial charge in [-0.2, -0.15) is 0 Å². The molecule has 0 fully saturated rings. The first-order valence-corrected chi connectivity index (χ1v) is 10.6. The second kappa shape index (κ2) is 8.67. The highest BCUT2D eigenvalue weighted by Gasteiger charge is 2.09. The van der Waals surface area contributed by atoms with Crippen molar-refractivity contribution in [3.05, 3.63) is 95.1 Å². The minimum absolute atomic E-state index is 0.747. The van der Waals surface area contributed by atoms with Crippen LogP contribution in [0.15, 0.2) is 72.8 Å². The van der Waals surface area contributed by atoms with E-state index in [-0.39, 0.29) is 0 Å². The second-order valence-electron chi connectivity index (χ2n) is 8.22. The molecule has 4 N–H and O–H groups in total. The quantitative estimate of drug-likeness (QED) is 0.329. The third-order valence-electron chi connectivity index (χ3n) is 5.45. The van der Waals surface area contributed by atoms with Gasteiger partial charge >= 0.3 is 0 Å². The molecule has 4 rings (SSSR count). The highest BCUT2D eigenvalue weighted by Crippen LogP contribution is 2.34. The van der Waals surface area contributed by atoms with Crippen LogP contribution in [0.2, 0.25) is 0 Å². The first-order chi connectivity index (χ1) is 15.3. The fourth-order valence-corrected chi connectivity index (χ4v) is 3.96. The predicted molar refractivity (Wildman–Crippen MR) is 133 cm³/mol. The number of rotatable bonds is 5. The summed E-state index contributed by atoms with van der Waals surface area (Å²) in [7, 11) is 0. The highest BCUT2D eigenvalue weighted by molar-refractivity contribution is 5.65. The summed E-state index contributed by atoms with van der Waals surface area (Å²) in [5.41, 5.74) is 19.6. The van der Waals surface area contributed by atoms with E-state index in [1.807, 2.05) is 76.2 Å². The smallest absolute Gasteiger partial charge is 0.133 e. The Bertz CT molecular complexity index is 1110. The number of ether oxygens (including phenoxy) is 2. The van der Waals surface area contributed by atoms with Gasteiger partial charge in [0.1, 0.15) is 23.0 Å². The van der Waals surface area contributed by atoms with Crippen molar-refractivity contribution in [3.8, 4) is 34.1 Å². The first kappa shape index (κ1) is 21.3. The molecule has 0 saturated carbocycles. The van der Waals surface area contributed by atoms with Crippen LogP contribution in [0, 0.1) is 27.7 Å². The first-order valence-electron chi connectivity index (χ1n) is 10.6. The van der Waals surface area contributed by atoms with Gasteiger partial charge in [-0.25, -0.2) is 0 Å². The fraction of sp³-hybridized carbons (Fsp3) is 0.143. The minimum atomic E-state index is 0.747. The fourth-order valence-electron chi connectivity index (χ4n) is 3.96. The van der Waals surface area contributed by atoms with Crippen LogP contribution in [-0.4, -0.2) is 0 Å². The van der Waals surface area contributed by atoms with E-state index < -0.39 is 0 Å². The number of hydrogen-bond acceptors (Lipinski definition) is 4. The van der Waals surface area contributed by atoms with Crippen molar-refractivity contribution in [1.82, 2.24) is 0 Å². The van der Waals surface area contributed by atoms with Crippen LogP contribution >= 0.6 is 0 Å². The lowest BCUT2D eigenvalue weighted by molar-refractivity contribution is 0.475. The Kier molecular flexibility index (Phi) is 5.78. The lowest BCUT2D eigenvalue weighted by Gasteiger charge is -2.14. The van der Waals surface area contributed by atoms with Gasteiger partial charge in [0, 0.05) is 11.4 Å². The molecule has 0 bridgehead atoms. The monoisotopic (exact) mass is 424 g/mol. The van der Waals surface area contributed by atoms with Crippen LogP contribution in [0.1, 0.15) is 22.3 Å². The summed E-state index contributed by atoms with van der Waals surface area (Å²) < 4.78 is 12.2. The summed E-state index contributed by atoms with van der Waals surface area (Å²) in [6, 6.07) is 23.9. The van der Waals surface area contributed by atoms with E-state index in [4.69, 9.17) is 20.9 Å². The Morgan fingerprint density at radius 2 is 0.750 bits per heavy atom. The SMILES string of the molecule is Cc1cc(N)cc(C)c1Oc1ccc(-c2ccc(Oc3c(C)cc(N)cc3C)cc2)cc1. The van der Waals surface area contributed by atoms with Crippen molar-refractivity contribution in [3.63, 3.8) is 0 Å².